The van der Waals surface area contributed by atoms with Crippen LogP contribution in [0.3, 0.4) is 0 Å². The van der Waals surface area contributed by atoms with E-state index < -0.39 is 21.4 Å². The topological polar surface area (TPSA) is 133 Å². The first kappa shape index (κ1) is 43.4. The van der Waals surface area contributed by atoms with Crippen molar-refractivity contribution in [1.82, 2.24) is 0 Å². The molecule has 0 spiro atoms. The standard InChI is InChI=1S/C21H17O5P.C12H17O4P.C9H8O2/c1-17(21(22)18-11-5-2-6-12-18)24-27(23,25-19-13-7-3-8-14-19)26-20-15-9-4-10-16-20;1-4-14-17(13,15-5-2)16-11(3)12-9-7-6-8-10-12;1-8(11-7-10)9-5-3-2-4-6-9/h2-16H,1H2;6-10H,3-5H2,1-2H3;2-7H,1H2. The number of carbonyl (C=O) groups is 2. The summed E-state index contributed by atoms with van der Waals surface area (Å²) in [5.41, 5.74) is 1.92. The molecular weight excluding hydrogens is 742 g/mol. The second-order valence-electron chi connectivity index (χ2n) is 10.6. The Morgan fingerprint density at radius 1 is 0.527 bits per heavy atom. The summed E-state index contributed by atoms with van der Waals surface area (Å²) in [6, 6.07) is 43.7. The van der Waals surface area contributed by atoms with Crippen molar-refractivity contribution in [2.75, 3.05) is 13.2 Å². The lowest BCUT2D eigenvalue weighted by Crippen LogP contribution is -2.10. The summed E-state index contributed by atoms with van der Waals surface area (Å²) >= 11 is 0. The van der Waals surface area contributed by atoms with Crippen LogP contribution < -0.4 is 9.05 Å². The molecule has 5 aromatic rings. The molecule has 0 aliphatic heterocycles. The van der Waals surface area contributed by atoms with Gasteiger partial charge in [0.25, 0.3) is 6.47 Å². The number of carbonyl (C=O) groups excluding carboxylic acids is 2. The van der Waals surface area contributed by atoms with Crippen LogP contribution in [0.5, 0.6) is 11.5 Å². The summed E-state index contributed by atoms with van der Waals surface area (Å²) in [6.45, 7) is 15.2. The number of allylic oxidation sites excluding steroid dienone is 1. The SMILES string of the molecule is C=C(OC=O)c1ccccc1.C=C(OP(=O)(OCC)OCC)c1ccccc1.C=C(OP(=O)(Oc1ccccc1)Oc1ccccc1)C(=O)c1ccccc1. The van der Waals surface area contributed by atoms with Crippen molar-refractivity contribution in [2.24, 2.45) is 0 Å². The zero-order valence-corrected chi connectivity index (χ0v) is 32.2. The molecule has 0 fully saturated rings. The Bertz CT molecular complexity index is 1990. The van der Waals surface area contributed by atoms with E-state index >= 15 is 0 Å². The van der Waals surface area contributed by atoms with Crippen molar-refractivity contribution in [3.05, 3.63) is 194 Å². The van der Waals surface area contributed by atoms with E-state index in [0.29, 0.717) is 17.8 Å². The van der Waals surface area contributed by atoms with E-state index in [4.69, 9.17) is 27.1 Å². The monoisotopic (exact) mass is 784 g/mol. The second-order valence-corrected chi connectivity index (χ2v) is 13.7. The minimum atomic E-state index is -4.21. The lowest BCUT2D eigenvalue weighted by atomic mass is 10.1. The summed E-state index contributed by atoms with van der Waals surface area (Å²) in [5, 5.41) is 0. The lowest BCUT2D eigenvalue weighted by Gasteiger charge is -2.20. The number of phosphoric acid groups is 2. The van der Waals surface area contributed by atoms with E-state index in [9.17, 15) is 18.7 Å². The molecule has 0 N–H and O–H groups in total. The fourth-order valence-corrected chi connectivity index (χ4v) is 6.58. The molecule has 13 heteroatoms. The van der Waals surface area contributed by atoms with E-state index in [0.717, 1.165) is 11.1 Å². The van der Waals surface area contributed by atoms with Crippen LogP contribution in [0.15, 0.2) is 177 Å². The Hall–Kier alpha value is -5.96. The fourth-order valence-electron chi connectivity index (χ4n) is 4.17. The molecule has 5 rings (SSSR count). The number of ketones is 1. The van der Waals surface area contributed by atoms with Crippen molar-refractivity contribution in [3.63, 3.8) is 0 Å². The van der Waals surface area contributed by atoms with Gasteiger partial charge in [0, 0.05) is 16.7 Å². The highest BCUT2D eigenvalue weighted by molar-refractivity contribution is 7.49. The molecule has 0 unspecified atom stereocenters. The van der Waals surface area contributed by atoms with Crippen LogP contribution in [-0.2, 0) is 36.8 Å². The molecule has 5 aromatic carbocycles. The first-order valence-corrected chi connectivity index (χ1v) is 19.7. The molecule has 0 saturated heterocycles. The Morgan fingerprint density at radius 2 is 0.891 bits per heavy atom. The average Bonchev–Trinajstić information content (AvgIpc) is 3.20. The van der Waals surface area contributed by atoms with E-state index in [1.165, 1.54) is 0 Å². The van der Waals surface area contributed by atoms with Gasteiger partial charge in [-0.3, -0.25) is 18.6 Å². The van der Waals surface area contributed by atoms with Crippen molar-refractivity contribution in [2.45, 2.75) is 13.8 Å². The maximum absolute atomic E-state index is 13.2. The largest absolute Gasteiger partial charge is 0.647 e. The molecule has 286 valence electrons. The maximum atomic E-state index is 13.2. The smallest absolute Gasteiger partial charge is 0.429 e. The van der Waals surface area contributed by atoms with Crippen LogP contribution in [0, 0.1) is 0 Å². The number of benzene rings is 5. The summed E-state index contributed by atoms with van der Waals surface area (Å²) in [4.78, 5) is 22.4. The van der Waals surface area contributed by atoms with E-state index in [-0.39, 0.29) is 36.2 Å². The van der Waals surface area contributed by atoms with Gasteiger partial charge in [0.1, 0.15) is 23.0 Å². The lowest BCUT2D eigenvalue weighted by molar-refractivity contribution is -0.122. The third-order valence-corrected chi connectivity index (χ3v) is 9.52. The third kappa shape index (κ3) is 15.5. The molecule has 0 aliphatic carbocycles. The normalized spacial score (nSPS) is 10.4. The van der Waals surface area contributed by atoms with Gasteiger partial charge >= 0.3 is 15.6 Å². The Labute approximate surface area is 321 Å². The van der Waals surface area contributed by atoms with Crippen LogP contribution in [0.2, 0.25) is 0 Å². The molecule has 11 nitrogen and oxygen atoms in total. The Morgan fingerprint density at radius 3 is 1.27 bits per heavy atom. The van der Waals surface area contributed by atoms with Crippen LogP contribution in [0.4, 0.5) is 0 Å². The molecule has 0 saturated carbocycles. The highest BCUT2D eigenvalue weighted by Crippen LogP contribution is 2.53. The van der Waals surface area contributed by atoms with Gasteiger partial charge in [-0.05, 0) is 38.1 Å². The van der Waals surface area contributed by atoms with Crippen molar-refractivity contribution in [3.8, 4) is 11.5 Å². The molecule has 0 bridgehead atoms. The summed E-state index contributed by atoms with van der Waals surface area (Å²) < 4.78 is 61.3. The first-order valence-electron chi connectivity index (χ1n) is 16.8. The van der Waals surface area contributed by atoms with Gasteiger partial charge in [-0.15, -0.1) is 0 Å². The van der Waals surface area contributed by atoms with E-state index in [1.54, 1.807) is 105 Å². The van der Waals surface area contributed by atoms with Gasteiger partial charge in [-0.2, -0.15) is 4.57 Å². The summed E-state index contributed by atoms with van der Waals surface area (Å²) in [7, 11) is -7.75. The Balaban J connectivity index is 0.000000247. The average molecular weight is 785 g/mol. The van der Waals surface area contributed by atoms with Gasteiger partial charge in [0.15, 0.2) is 5.76 Å². The van der Waals surface area contributed by atoms with Gasteiger partial charge < -0.3 is 22.8 Å². The first-order chi connectivity index (χ1) is 26.5. The summed E-state index contributed by atoms with van der Waals surface area (Å²) in [6.07, 6.45) is 0. The molecule has 0 aliphatic rings. The molecule has 0 aromatic heterocycles. The molecular formula is C42H42O11P2. The predicted octanol–water partition coefficient (Wildman–Crippen LogP) is 11.4. The van der Waals surface area contributed by atoms with E-state index in [1.807, 2.05) is 60.7 Å². The minimum absolute atomic E-state index is 0.249. The number of Topliss-reactive ketones (excluding diaryl/α,β-unsaturated/α-hetero) is 1. The van der Waals surface area contributed by atoms with Gasteiger partial charge in [-0.25, -0.2) is 4.57 Å². The van der Waals surface area contributed by atoms with Crippen molar-refractivity contribution >= 4 is 39.4 Å². The molecule has 55 heavy (non-hydrogen) atoms. The Kier molecular flexibility index (Phi) is 18.1. The quantitative estimate of drug-likeness (QED) is 0.0276. The predicted molar refractivity (Wildman–Crippen MR) is 213 cm³/mol. The number of rotatable bonds is 18. The van der Waals surface area contributed by atoms with Gasteiger partial charge in [-0.1, -0.05) is 147 Å². The number of ether oxygens (including phenoxy) is 1. The third-order valence-electron chi connectivity index (χ3n) is 6.61. The van der Waals surface area contributed by atoms with Crippen molar-refractivity contribution in [1.29, 1.82) is 0 Å². The second kappa shape index (κ2) is 23.0. The molecule has 0 amide bonds. The zero-order chi connectivity index (χ0) is 39.9. The highest BCUT2D eigenvalue weighted by Gasteiger charge is 2.35. The van der Waals surface area contributed by atoms with Crippen LogP contribution in [0.25, 0.3) is 11.5 Å². The number of hydrogen-bond donors (Lipinski definition) is 0. The highest BCUT2D eigenvalue weighted by atomic mass is 31.2. The van der Waals surface area contributed by atoms with Gasteiger partial charge in [0.2, 0.25) is 5.78 Å². The van der Waals surface area contributed by atoms with Crippen molar-refractivity contribution < 1.29 is 50.6 Å². The number of phosphoric ester groups is 2. The fraction of sp³-hybridized carbons (Fsp3) is 0.0952. The molecule has 0 heterocycles. The zero-order valence-electron chi connectivity index (χ0n) is 30.4. The summed E-state index contributed by atoms with van der Waals surface area (Å²) in [5.74, 6) is 0.352. The van der Waals surface area contributed by atoms with Crippen LogP contribution in [-0.4, -0.2) is 25.5 Å². The van der Waals surface area contributed by atoms with Crippen LogP contribution in [0.1, 0.15) is 35.3 Å². The maximum Gasteiger partial charge on any atom is 0.647 e. The van der Waals surface area contributed by atoms with Gasteiger partial charge in [0.05, 0.1) is 13.2 Å². The number of hydrogen-bond acceptors (Lipinski definition) is 11. The molecule has 0 atom stereocenters. The van der Waals surface area contributed by atoms with E-state index in [2.05, 4.69) is 24.5 Å². The number of para-hydroxylation sites is 2. The minimum Gasteiger partial charge on any atom is -0.429 e. The molecule has 0 radical (unpaired) electrons. The van der Waals surface area contributed by atoms with Crippen LogP contribution >= 0.6 is 15.6 Å².